The fourth-order valence-corrected chi connectivity index (χ4v) is 1.46. The van der Waals surface area contributed by atoms with E-state index in [1.165, 1.54) is 0 Å². The Bertz CT molecular complexity index is 377. The molecule has 16 heavy (non-hydrogen) atoms. The second-order valence-electron chi connectivity index (χ2n) is 3.79. The minimum absolute atomic E-state index is 0.105. The van der Waals surface area contributed by atoms with Crippen LogP contribution in [-0.2, 0) is 0 Å². The van der Waals surface area contributed by atoms with Crippen molar-refractivity contribution in [2.75, 3.05) is 11.9 Å². The first-order valence-corrected chi connectivity index (χ1v) is 5.18. The van der Waals surface area contributed by atoms with E-state index in [0.717, 1.165) is 0 Å². The Morgan fingerprint density at radius 3 is 2.81 bits per heavy atom. The molecule has 0 saturated heterocycles. The third-order valence-corrected chi connectivity index (χ3v) is 2.30. The van der Waals surface area contributed by atoms with Gasteiger partial charge in [-0.3, -0.25) is 10.1 Å². The van der Waals surface area contributed by atoms with Crippen molar-refractivity contribution in [2.24, 2.45) is 0 Å². The lowest BCUT2D eigenvalue weighted by molar-refractivity contribution is -0.384. The van der Waals surface area contributed by atoms with Gasteiger partial charge in [-0.05, 0) is 26.3 Å². The van der Waals surface area contributed by atoms with E-state index in [0.29, 0.717) is 24.2 Å². The van der Waals surface area contributed by atoms with Gasteiger partial charge in [0, 0.05) is 12.1 Å². The maximum Gasteiger partial charge on any atom is 0.295 e. The lowest BCUT2D eigenvalue weighted by Gasteiger charge is -2.09. The van der Waals surface area contributed by atoms with Crippen LogP contribution < -0.4 is 5.32 Å². The minimum atomic E-state index is -0.406. The summed E-state index contributed by atoms with van der Waals surface area (Å²) in [6.07, 6.45) is 0.154. The minimum Gasteiger partial charge on any atom is -0.393 e. The average Bonchev–Trinajstić information content (AvgIpc) is 2.16. The molecule has 0 amide bonds. The number of hydrogen-bond acceptors (Lipinski definition) is 4. The van der Waals surface area contributed by atoms with E-state index in [9.17, 15) is 10.1 Å². The molecule has 1 unspecified atom stereocenters. The van der Waals surface area contributed by atoms with Crippen molar-refractivity contribution in [1.82, 2.24) is 0 Å². The number of anilines is 1. The molecule has 2 N–H and O–H groups in total. The number of nitrogens with zero attached hydrogens (tertiary/aromatic N) is 1. The molecule has 0 aliphatic rings. The number of nitro benzene ring substituents is 1. The fourth-order valence-electron chi connectivity index (χ4n) is 1.46. The number of aliphatic hydroxyl groups excluding tert-OH is 1. The van der Waals surface area contributed by atoms with Gasteiger partial charge in [-0.25, -0.2) is 0 Å². The van der Waals surface area contributed by atoms with Crippen LogP contribution in [0.15, 0.2) is 18.2 Å². The standard InChI is InChI=1S/C11H16N2O3/c1-8-4-3-5-10(11(8)13(15)16)12-7-6-9(2)14/h3-5,9,12,14H,6-7H2,1-2H3. The molecule has 0 aliphatic carbocycles. The quantitative estimate of drug-likeness (QED) is 0.593. The second kappa shape index (κ2) is 5.46. The summed E-state index contributed by atoms with van der Waals surface area (Å²) in [5, 5.41) is 22.9. The first-order chi connectivity index (χ1) is 7.52. The molecular weight excluding hydrogens is 208 g/mol. The summed E-state index contributed by atoms with van der Waals surface area (Å²) in [5.74, 6) is 0. The predicted octanol–water partition coefficient (Wildman–Crippen LogP) is 2.09. The topological polar surface area (TPSA) is 75.4 Å². The van der Waals surface area contributed by atoms with Gasteiger partial charge in [0.1, 0.15) is 5.69 Å². The van der Waals surface area contributed by atoms with Gasteiger partial charge >= 0.3 is 0 Å². The summed E-state index contributed by atoms with van der Waals surface area (Å²) in [4.78, 5) is 10.5. The summed E-state index contributed by atoms with van der Waals surface area (Å²) in [6, 6.07) is 5.15. The van der Waals surface area contributed by atoms with Crippen LogP contribution in [0.2, 0.25) is 0 Å². The second-order valence-corrected chi connectivity index (χ2v) is 3.79. The first-order valence-electron chi connectivity index (χ1n) is 5.18. The Balaban J connectivity index is 2.79. The molecule has 0 saturated carbocycles. The third kappa shape index (κ3) is 3.20. The zero-order valence-electron chi connectivity index (χ0n) is 9.43. The fraction of sp³-hybridized carbons (Fsp3) is 0.455. The molecule has 0 aromatic heterocycles. The van der Waals surface area contributed by atoms with E-state index in [2.05, 4.69) is 5.32 Å². The molecule has 0 bridgehead atoms. The van der Waals surface area contributed by atoms with Crippen molar-refractivity contribution in [2.45, 2.75) is 26.4 Å². The SMILES string of the molecule is Cc1cccc(NCCC(C)O)c1[N+](=O)[O-]. The smallest absolute Gasteiger partial charge is 0.295 e. The largest absolute Gasteiger partial charge is 0.393 e. The maximum atomic E-state index is 10.9. The maximum absolute atomic E-state index is 10.9. The van der Waals surface area contributed by atoms with Crippen LogP contribution in [0.5, 0.6) is 0 Å². The molecule has 1 aromatic rings. The van der Waals surface area contributed by atoms with E-state index >= 15 is 0 Å². The number of aliphatic hydroxyl groups is 1. The number of rotatable bonds is 5. The molecule has 1 aromatic carbocycles. The predicted molar refractivity (Wildman–Crippen MR) is 62.6 cm³/mol. The van der Waals surface area contributed by atoms with Crippen molar-refractivity contribution in [1.29, 1.82) is 0 Å². The highest BCUT2D eigenvalue weighted by Crippen LogP contribution is 2.27. The van der Waals surface area contributed by atoms with Crippen molar-refractivity contribution >= 4 is 11.4 Å². The zero-order chi connectivity index (χ0) is 12.1. The van der Waals surface area contributed by atoms with E-state index < -0.39 is 6.10 Å². The Hall–Kier alpha value is -1.62. The molecule has 1 rings (SSSR count). The average molecular weight is 224 g/mol. The molecule has 5 heteroatoms. The zero-order valence-corrected chi connectivity index (χ0v) is 9.43. The van der Waals surface area contributed by atoms with Gasteiger partial charge in [0.2, 0.25) is 0 Å². The number of hydrogen-bond donors (Lipinski definition) is 2. The van der Waals surface area contributed by atoms with Gasteiger partial charge in [0.05, 0.1) is 11.0 Å². The lowest BCUT2D eigenvalue weighted by atomic mass is 10.1. The molecule has 1 atom stereocenters. The van der Waals surface area contributed by atoms with Gasteiger partial charge in [-0.15, -0.1) is 0 Å². The van der Waals surface area contributed by atoms with Crippen LogP contribution in [0.3, 0.4) is 0 Å². The van der Waals surface area contributed by atoms with Crippen LogP contribution >= 0.6 is 0 Å². The monoisotopic (exact) mass is 224 g/mol. The number of nitro groups is 1. The number of para-hydroxylation sites is 1. The van der Waals surface area contributed by atoms with Crippen LogP contribution in [0.4, 0.5) is 11.4 Å². The lowest BCUT2D eigenvalue weighted by Crippen LogP contribution is -2.11. The Morgan fingerprint density at radius 2 is 2.25 bits per heavy atom. The molecule has 0 spiro atoms. The Labute approximate surface area is 94.3 Å². The molecule has 0 fully saturated rings. The summed E-state index contributed by atoms with van der Waals surface area (Å²) < 4.78 is 0. The summed E-state index contributed by atoms with van der Waals surface area (Å²) >= 11 is 0. The Kier molecular flexibility index (Phi) is 4.25. The van der Waals surface area contributed by atoms with Crippen molar-refractivity contribution in [3.05, 3.63) is 33.9 Å². The third-order valence-electron chi connectivity index (χ3n) is 2.30. The van der Waals surface area contributed by atoms with Crippen molar-refractivity contribution in [3.63, 3.8) is 0 Å². The van der Waals surface area contributed by atoms with Crippen LogP contribution in [-0.4, -0.2) is 22.7 Å². The van der Waals surface area contributed by atoms with Gasteiger partial charge in [-0.1, -0.05) is 12.1 Å². The Morgan fingerprint density at radius 1 is 1.56 bits per heavy atom. The van der Waals surface area contributed by atoms with E-state index in [4.69, 9.17) is 5.11 Å². The first kappa shape index (κ1) is 12.4. The number of nitrogens with one attached hydrogen (secondary N) is 1. The van der Waals surface area contributed by atoms with E-state index in [1.54, 1.807) is 32.0 Å². The van der Waals surface area contributed by atoms with Gasteiger partial charge in [-0.2, -0.15) is 0 Å². The van der Waals surface area contributed by atoms with Gasteiger partial charge in [0.25, 0.3) is 5.69 Å². The summed E-state index contributed by atoms with van der Waals surface area (Å²) in [5.41, 5.74) is 1.24. The van der Waals surface area contributed by atoms with Crippen LogP contribution in [0.25, 0.3) is 0 Å². The van der Waals surface area contributed by atoms with Crippen molar-refractivity contribution in [3.8, 4) is 0 Å². The number of benzene rings is 1. The molecule has 88 valence electrons. The molecule has 0 heterocycles. The molecule has 5 nitrogen and oxygen atoms in total. The normalized spacial score (nSPS) is 12.2. The highest BCUT2D eigenvalue weighted by atomic mass is 16.6. The molecular formula is C11H16N2O3. The van der Waals surface area contributed by atoms with Crippen molar-refractivity contribution < 1.29 is 10.0 Å². The van der Waals surface area contributed by atoms with Gasteiger partial charge < -0.3 is 10.4 Å². The summed E-state index contributed by atoms with van der Waals surface area (Å²) in [7, 11) is 0. The van der Waals surface area contributed by atoms with Gasteiger partial charge in [0.15, 0.2) is 0 Å². The molecule has 0 radical (unpaired) electrons. The van der Waals surface area contributed by atoms with E-state index in [1.807, 2.05) is 0 Å². The summed E-state index contributed by atoms with van der Waals surface area (Å²) in [6.45, 7) is 3.91. The van der Waals surface area contributed by atoms with E-state index in [-0.39, 0.29) is 10.6 Å². The number of aryl methyl sites for hydroxylation is 1. The molecule has 0 aliphatic heterocycles. The van der Waals surface area contributed by atoms with Crippen LogP contribution in [0.1, 0.15) is 18.9 Å². The highest BCUT2D eigenvalue weighted by Gasteiger charge is 2.16. The van der Waals surface area contributed by atoms with Crippen LogP contribution in [0, 0.1) is 17.0 Å². The highest BCUT2D eigenvalue weighted by molar-refractivity contribution is 5.64.